The summed E-state index contributed by atoms with van der Waals surface area (Å²) in [7, 11) is 1.68. The molecule has 0 spiro atoms. The van der Waals surface area contributed by atoms with Crippen LogP contribution in [0.4, 0.5) is 0 Å². The molecule has 0 aliphatic carbocycles. The zero-order valence-electron chi connectivity index (χ0n) is 8.26. The number of benzene rings is 1. The fourth-order valence-electron chi connectivity index (χ4n) is 1.48. The Balaban J connectivity index is 3.05. The van der Waals surface area contributed by atoms with Crippen molar-refractivity contribution in [1.82, 2.24) is 0 Å². The van der Waals surface area contributed by atoms with Gasteiger partial charge in [-0.05, 0) is 42.7 Å². The van der Waals surface area contributed by atoms with Gasteiger partial charge in [-0.1, -0.05) is 0 Å². The highest BCUT2D eigenvalue weighted by Crippen LogP contribution is 2.23. The molecule has 3 heteroatoms. The highest BCUT2D eigenvalue weighted by Gasteiger charge is 2.05. The van der Waals surface area contributed by atoms with Gasteiger partial charge in [0.25, 0.3) is 0 Å². The molecule has 2 N–H and O–H groups in total. The highest BCUT2D eigenvalue weighted by atomic mass is 16.6. The number of aryl methyl sites for hydroxylation is 2. The molecule has 0 amide bonds. The van der Waals surface area contributed by atoms with Crippen LogP contribution in [-0.2, 0) is 11.3 Å². The lowest BCUT2D eigenvalue weighted by Crippen LogP contribution is -2.05. The number of hydrogen-bond acceptors (Lipinski definition) is 3. The van der Waals surface area contributed by atoms with Crippen molar-refractivity contribution in [2.75, 3.05) is 7.11 Å². The van der Waals surface area contributed by atoms with E-state index in [9.17, 15) is 0 Å². The van der Waals surface area contributed by atoms with E-state index < -0.39 is 0 Å². The molecule has 0 saturated heterocycles. The van der Waals surface area contributed by atoms with Crippen molar-refractivity contribution >= 4 is 0 Å². The monoisotopic (exact) mass is 181 g/mol. The second kappa shape index (κ2) is 4.25. The Kier molecular flexibility index (Phi) is 3.28. The molecule has 0 aliphatic rings. The van der Waals surface area contributed by atoms with Crippen LogP contribution in [0.5, 0.6) is 5.75 Å². The van der Waals surface area contributed by atoms with E-state index in [1.54, 1.807) is 7.11 Å². The maximum Gasteiger partial charge on any atom is 0.152 e. The predicted molar refractivity (Wildman–Crippen MR) is 51.4 cm³/mol. The maximum absolute atomic E-state index is 5.14. The number of rotatable bonds is 3. The first-order valence-electron chi connectivity index (χ1n) is 4.15. The predicted octanol–water partition coefficient (Wildman–Crippen LogP) is 1.70. The minimum absolute atomic E-state index is 0.618. The number of methoxy groups -OCH3 is 1. The molecule has 0 radical (unpaired) electrons. The van der Waals surface area contributed by atoms with E-state index in [-0.39, 0.29) is 0 Å². The summed E-state index contributed by atoms with van der Waals surface area (Å²) in [6, 6.07) is 4.03. The van der Waals surface area contributed by atoms with Crippen molar-refractivity contribution in [1.29, 1.82) is 0 Å². The van der Waals surface area contributed by atoms with E-state index in [4.69, 9.17) is 15.5 Å². The largest absolute Gasteiger partial charge is 0.411 e. The van der Waals surface area contributed by atoms with Gasteiger partial charge in [0, 0.05) is 7.11 Å². The first kappa shape index (κ1) is 10.0. The van der Waals surface area contributed by atoms with Gasteiger partial charge in [0.1, 0.15) is 0 Å². The fraction of sp³-hybridized carbons (Fsp3) is 0.400. The minimum Gasteiger partial charge on any atom is -0.411 e. The Morgan fingerprint density at radius 1 is 1.23 bits per heavy atom. The molecule has 1 rings (SSSR count). The van der Waals surface area contributed by atoms with Crippen LogP contribution in [0.2, 0.25) is 0 Å². The van der Waals surface area contributed by atoms with Crippen LogP contribution in [0.1, 0.15) is 16.7 Å². The lowest BCUT2D eigenvalue weighted by Gasteiger charge is -2.09. The molecule has 0 aromatic heterocycles. The lowest BCUT2D eigenvalue weighted by atomic mass is 10.1. The Labute approximate surface area is 78.4 Å². The van der Waals surface area contributed by atoms with Crippen LogP contribution >= 0.6 is 0 Å². The second-order valence-corrected chi connectivity index (χ2v) is 3.11. The van der Waals surface area contributed by atoms with Crippen LogP contribution in [0.3, 0.4) is 0 Å². The molecule has 0 heterocycles. The van der Waals surface area contributed by atoms with Crippen molar-refractivity contribution < 1.29 is 9.57 Å². The molecular formula is C10H15NO2. The van der Waals surface area contributed by atoms with Crippen molar-refractivity contribution in [3.8, 4) is 5.75 Å². The summed E-state index contributed by atoms with van der Waals surface area (Å²) in [5, 5.41) is 0. The average molecular weight is 181 g/mol. The third-order valence-corrected chi connectivity index (χ3v) is 1.95. The van der Waals surface area contributed by atoms with Gasteiger partial charge in [-0.25, -0.2) is 0 Å². The third kappa shape index (κ3) is 2.20. The molecule has 0 aliphatic heterocycles. The first-order chi connectivity index (χ1) is 6.19. The van der Waals surface area contributed by atoms with Gasteiger partial charge in [-0.15, -0.1) is 0 Å². The second-order valence-electron chi connectivity index (χ2n) is 3.11. The van der Waals surface area contributed by atoms with Gasteiger partial charge in [-0.3, -0.25) is 0 Å². The quantitative estimate of drug-likeness (QED) is 0.722. The summed E-state index contributed by atoms with van der Waals surface area (Å²) in [4.78, 5) is 4.77. The SMILES string of the molecule is COCc1cc(C)c(ON)c(C)c1. The lowest BCUT2D eigenvalue weighted by molar-refractivity contribution is 0.184. The third-order valence-electron chi connectivity index (χ3n) is 1.95. The Bertz CT molecular complexity index is 274. The summed E-state index contributed by atoms with van der Waals surface area (Å²) < 4.78 is 5.04. The van der Waals surface area contributed by atoms with Crippen LogP contribution in [0.15, 0.2) is 12.1 Å². The van der Waals surface area contributed by atoms with E-state index in [0.29, 0.717) is 6.61 Å². The standard InChI is InChI=1S/C10H15NO2/c1-7-4-9(6-12-3)5-8(2)10(7)13-11/h4-5H,6,11H2,1-3H3. The molecule has 0 fully saturated rings. The first-order valence-corrected chi connectivity index (χ1v) is 4.15. The summed E-state index contributed by atoms with van der Waals surface area (Å²) in [5.74, 6) is 5.89. The van der Waals surface area contributed by atoms with E-state index in [1.165, 1.54) is 0 Å². The maximum atomic E-state index is 5.14. The summed E-state index contributed by atoms with van der Waals surface area (Å²) in [6.45, 7) is 4.55. The number of hydrogen-bond donors (Lipinski definition) is 1. The molecule has 0 bridgehead atoms. The molecule has 0 unspecified atom stereocenters. The molecule has 72 valence electrons. The molecule has 0 atom stereocenters. The van der Waals surface area contributed by atoms with Gasteiger partial charge < -0.3 is 9.57 Å². The van der Waals surface area contributed by atoms with Gasteiger partial charge in [0.15, 0.2) is 5.75 Å². The van der Waals surface area contributed by atoms with Crippen LogP contribution in [-0.4, -0.2) is 7.11 Å². The Morgan fingerprint density at radius 2 is 1.77 bits per heavy atom. The zero-order valence-corrected chi connectivity index (χ0v) is 8.26. The van der Waals surface area contributed by atoms with Crippen LogP contribution in [0.25, 0.3) is 0 Å². The van der Waals surface area contributed by atoms with E-state index >= 15 is 0 Å². The highest BCUT2D eigenvalue weighted by molar-refractivity contribution is 5.42. The van der Waals surface area contributed by atoms with Crippen LogP contribution in [0, 0.1) is 13.8 Å². The fourth-order valence-corrected chi connectivity index (χ4v) is 1.48. The van der Waals surface area contributed by atoms with Crippen molar-refractivity contribution in [2.24, 2.45) is 5.90 Å². The molecule has 0 saturated carbocycles. The van der Waals surface area contributed by atoms with Gasteiger partial charge >= 0.3 is 0 Å². The number of nitrogens with two attached hydrogens (primary N) is 1. The zero-order chi connectivity index (χ0) is 9.84. The van der Waals surface area contributed by atoms with E-state index in [0.717, 1.165) is 22.4 Å². The van der Waals surface area contributed by atoms with Crippen LogP contribution < -0.4 is 10.7 Å². The average Bonchev–Trinajstić information content (AvgIpc) is 2.04. The molecule has 1 aromatic rings. The smallest absolute Gasteiger partial charge is 0.152 e. The Hall–Kier alpha value is -1.06. The molecular weight excluding hydrogens is 166 g/mol. The van der Waals surface area contributed by atoms with Gasteiger partial charge in [-0.2, -0.15) is 5.90 Å². The van der Waals surface area contributed by atoms with Gasteiger partial charge in [0.05, 0.1) is 6.61 Å². The van der Waals surface area contributed by atoms with Crippen molar-refractivity contribution in [2.45, 2.75) is 20.5 Å². The van der Waals surface area contributed by atoms with Crippen molar-refractivity contribution in [3.05, 3.63) is 28.8 Å². The molecule has 1 aromatic carbocycles. The van der Waals surface area contributed by atoms with Gasteiger partial charge in [0.2, 0.25) is 0 Å². The van der Waals surface area contributed by atoms with Crippen molar-refractivity contribution in [3.63, 3.8) is 0 Å². The normalized spacial score (nSPS) is 10.2. The van der Waals surface area contributed by atoms with E-state index in [2.05, 4.69) is 0 Å². The summed E-state index contributed by atoms with van der Waals surface area (Å²) >= 11 is 0. The topological polar surface area (TPSA) is 44.5 Å². The molecule has 3 nitrogen and oxygen atoms in total. The molecule has 13 heavy (non-hydrogen) atoms. The summed E-state index contributed by atoms with van der Waals surface area (Å²) in [6.07, 6.45) is 0. The summed E-state index contributed by atoms with van der Waals surface area (Å²) in [5.41, 5.74) is 3.21. The Morgan fingerprint density at radius 3 is 2.15 bits per heavy atom. The number of ether oxygens (including phenoxy) is 1. The van der Waals surface area contributed by atoms with E-state index in [1.807, 2.05) is 26.0 Å². The minimum atomic E-state index is 0.618.